The van der Waals surface area contributed by atoms with Gasteiger partial charge in [0, 0.05) is 0 Å². The number of allylic oxidation sites excluding steroid dienone is 2. The average molecular weight is 159 g/mol. The van der Waals surface area contributed by atoms with Crippen molar-refractivity contribution in [3.63, 3.8) is 0 Å². The molecule has 0 N–H and O–H groups in total. The molecule has 0 aliphatic heterocycles. The molecule has 0 unspecified atom stereocenters. The molecule has 0 heterocycles. The van der Waals surface area contributed by atoms with Crippen LogP contribution in [0.4, 0.5) is 4.53 Å². The van der Waals surface area contributed by atoms with E-state index in [0.717, 1.165) is 0 Å². The smallest absolute Gasteiger partial charge is 0.130 e. The lowest BCUT2D eigenvalue weighted by Gasteiger charge is -1.91. The quantitative estimate of drug-likeness (QED) is 0.456. The number of rotatable bonds is 4. The van der Waals surface area contributed by atoms with Gasteiger partial charge >= 0.3 is 0 Å². The summed E-state index contributed by atoms with van der Waals surface area (Å²) in [5.74, 6) is 0. The van der Waals surface area contributed by atoms with Gasteiger partial charge in [0.05, 0.1) is 5.70 Å². The highest BCUT2D eigenvalue weighted by molar-refractivity contribution is 5.30. The molecule has 0 bridgehead atoms. The molecule has 0 rings (SSSR count). The van der Waals surface area contributed by atoms with E-state index in [4.69, 9.17) is 0 Å². The van der Waals surface area contributed by atoms with Crippen LogP contribution in [0.2, 0.25) is 0 Å². The Labute approximate surface area is 67.0 Å². The van der Waals surface area contributed by atoms with Crippen molar-refractivity contribution in [1.29, 1.82) is 0 Å². The van der Waals surface area contributed by atoms with Crippen molar-refractivity contribution < 1.29 is 9.47 Å². The lowest BCUT2D eigenvalue weighted by Crippen LogP contribution is -1.86. The van der Waals surface area contributed by atoms with Crippen molar-refractivity contribution in [3.8, 4) is 0 Å². The summed E-state index contributed by atoms with van der Waals surface area (Å²) >= 11 is 0. The van der Waals surface area contributed by atoms with Gasteiger partial charge in [0.1, 0.15) is 6.61 Å². The summed E-state index contributed by atoms with van der Waals surface area (Å²) in [4.78, 5) is 6.74. The van der Waals surface area contributed by atoms with Gasteiger partial charge in [0.15, 0.2) is 0 Å². The lowest BCUT2D eigenvalue weighted by atomic mass is 10.4. The van der Waals surface area contributed by atoms with E-state index in [9.17, 15) is 4.53 Å². The van der Waals surface area contributed by atoms with Gasteiger partial charge in [-0.2, -0.15) is 4.94 Å². The van der Waals surface area contributed by atoms with E-state index in [1.165, 1.54) is 12.2 Å². The first kappa shape index (κ1) is 12.7. The Hall–Kier alpha value is -0.960. The zero-order valence-electron chi connectivity index (χ0n) is 7.01. The van der Waals surface area contributed by atoms with Crippen LogP contribution in [0, 0.1) is 0 Å². The third-order valence-electron chi connectivity index (χ3n) is 0.716. The predicted octanol–water partition coefficient (Wildman–Crippen LogP) is 2.68. The van der Waals surface area contributed by atoms with Crippen LogP contribution in [0.25, 0.3) is 0 Å². The minimum atomic E-state index is -0.171. The van der Waals surface area contributed by atoms with Crippen molar-refractivity contribution >= 4 is 6.72 Å². The topological polar surface area (TPSA) is 21.6 Å². The Morgan fingerprint density at radius 1 is 1.64 bits per heavy atom. The van der Waals surface area contributed by atoms with E-state index in [0.29, 0.717) is 5.70 Å². The molecule has 0 spiro atoms. The van der Waals surface area contributed by atoms with Gasteiger partial charge in [0.25, 0.3) is 0 Å². The maximum atomic E-state index is 11.1. The van der Waals surface area contributed by atoms with Crippen molar-refractivity contribution in [2.75, 3.05) is 6.61 Å². The molecular formula is C8H14FNO. The molecule has 64 valence electrons. The van der Waals surface area contributed by atoms with Crippen LogP contribution in [-0.2, 0) is 4.94 Å². The summed E-state index contributed by atoms with van der Waals surface area (Å²) in [5, 5.41) is 0. The molecule has 0 fully saturated rings. The first-order valence-electron chi connectivity index (χ1n) is 3.37. The molecule has 3 heteroatoms. The Bertz CT molecular complexity index is 132. The summed E-state index contributed by atoms with van der Waals surface area (Å²) in [6, 6.07) is 0. The van der Waals surface area contributed by atoms with Crippen LogP contribution in [0.5, 0.6) is 0 Å². The highest BCUT2D eigenvalue weighted by Gasteiger charge is 1.88. The van der Waals surface area contributed by atoms with Gasteiger partial charge in [-0.3, -0.25) is 4.99 Å². The first-order valence-corrected chi connectivity index (χ1v) is 3.37. The highest BCUT2D eigenvalue weighted by Crippen LogP contribution is 1.95. The Balaban J connectivity index is 0. The standard InChI is InChI=1S/C6H8FNO.C2H6/c1-3-4-6(8-2)5-9-7;1-2/h3-4H,1-2,5H2;1-2H3/b6-4-;. The Kier molecular flexibility index (Phi) is 13.6. The van der Waals surface area contributed by atoms with E-state index in [1.54, 1.807) is 0 Å². The van der Waals surface area contributed by atoms with Gasteiger partial charge in [-0.1, -0.05) is 26.5 Å². The molecule has 0 aromatic carbocycles. The highest BCUT2D eigenvalue weighted by atomic mass is 19.3. The molecule has 0 radical (unpaired) electrons. The summed E-state index contributed by atoms with van der Waals surface area (Å²) < 4.78 is 11.1. The zero-order valence-corrected chi connectivity index (χ0v) is 7.01. The van der Waals surface area contributed by atoms with Crippen LogP contribution >= 0.6 is 0 Å². The van der Waals surface area contributed by atoms with E-state index in [2.05, 4.69) is 23.2 Å². The number of halogens is 1. The molecule has 0 saturated heterocycles. The fourth-order valence-corrected chi connectivity index (χ4v) is 0.338. The predicted molar refractivity (Wildman–Crippen MR) is 46.2 cm³/mol. The second-order valence-corrected chi connectivity index (χ2v) is 1.31. The van der Waals surface area contributed by atoms with E-state index < -0.39 is 0 Å². The van der Waals surface area contributed by atoms with Crippen LogP contribution in [0.1, 0.15) is 13.8 Å². The fourth-order valence-electron chi connectivity index (χ4n) is 0.338. The lowest BCUT2D eigenvalue weighted by molar-refractivity contribution is -0.121. The Morgan fingerprint density at radius 2 is 2.18 bits per heavy atom. The minimum Gasteiger partial charge on any atom is -0.266 e. The molecule has 0 atom stereocenters. The van der Waals surface area contributed by atoms with Crippen LogP contribution < -0.4 is 0 Å². The van der Waals surface area contributed by atoms with Gasteiger partial charge in [0.2, 0.25) is 0 Å². The second-order valence-electron chi connectivity index (χ2n) is 1.31. The van der Waals surface area contributed by atoms with Crippen LogP contribution in [0.15, 0.2) is 29.4 Å². The van der Waals surface area contributed by atoms with Gasteiger partial charge < -0.3 is 0 Å². The summed E-state index contributed by atoms with van der Waals surface area (Å²) in [5.41, 5.74) is 0.424. The largest absolute Gasteiger partial charge is 0.266 e. The van der Waals surface area contributed by atoms with E-state index in [1.807, 2.05) is 13.8 Å². The summed E-state index contributed by atoms with van der Waals surface area (Å²) in [6.07, 6.45) is 3.01. The molecule has 0 saturated carbocycles. The molecular weight excluding hydrogens is 145 g/mol. The van der Waals surface area contributed by atoms with Gasteiger partial charge in [-0.05, 0) is 17.3 Å². The van der Waals surface area contributed by atoms with E-state index >= 15 is 0 Å². The van der Waals surface area contributed by atoms with Crippen molar-refractivity contribution in [2.24, 2.45) is 4.99 Å². The zero-order chi connectivity index (χ0) is 9.11. The second kappa shape index (κ2) is 11.8. The number of nitrogens with zero attached hydrogens (tertiary/aromatic N) is 1. The molecule has 0 aliphatic carbocycles. The Morgan fingerprint density at radius 3 is 2.45 bits per heavy atom. The summed E-state index contributed by atoms with van der Waals surface area (Å²) in [7, 11) is 0. The first-order chi connectivity index (χ1) is 5.35. The number of aliphatic imine (C=N–C) groups is 1. The maximum Gasteiger partial charge on any atom is 0.130 e. The molecule has 11 heavy (non-hydrogen) atoms. The monoisotopic (exact) mass is 159 g/mol. The number of hydrogen-bond donors (Lipinski definition) is 0. The molecule has 0 aromatic rings. The fraction of sp³-hybridized carbons (Fsp3) is 0.375. The summed E-state index contributed by atoms with van der Waals surface area (Å²) in [6.45, 7) is 10.4. The van der Waals surface area contributed by atoms with Crippen molar-refractivity contribution in [2.45, 2.75) is 13.8 Å². The third-order valence-corrected chi connectivity index (χ3v) is 0.716. The number of hydrogen-bond acceptors (Lipinski definition) is 2. The van der Waals surface area contributed by atoms with Gasteiger partial charge in [-0.15, -0.1) is 0 Å². The van der Waals surface area contributed by atoms with Crippen molar-refractivity contribution in [1.82, 2.24) is 0 Å². The molecule has 0 aliphatic rings. The van der Waals surface area contributed by atoms with E-state index in [-0.39, 0.29) is 6.61 Å². The third kappa shape index (κ3) is 9.04. The average Bonchev–Trinajstić information content (AvgIpc) is 2.08. The molecule has 0 amide bonds. The maximum absolute atomic E-state index is 11.1. The normalized spacial score (nSPS) is 9.55. The molecule has 2 nitrogen and oxygen atoms in total. The molecule has 0 aromatic heterocycles. The van der Waals surface area contributed by atoms with Crippen LogP contribution in [-0.4, -0.2) is 13.3 Å². The minimum absolute atomic E-state index is 0.171. The van der Waals surface area contributed by atoms with Gasteiger partial charge in [-0.25, -0.2) is 0 Å². The van der Waals surface area contributed by atoms with Crippen LogP contribution in [0.3, 0.4) is 0 Å². The SMILES string of the molecule is C=C/C=C(/COF)N=C.CC. The van der Waals surface area contributed by atoms with Crippen molar-refractivity contribution in [3.05, 3.63) is 24.4 Å².